The van der Waals surface area contributed by atoms with E-state index in [-0.39, 0.29) is 15.7 Å². The molecule has 1 N–H and O–H groups in total. The Hall–Kier alpha value is -1.54. The lowest BCUT2D eigenvalue weighted by molar-refractivity contribution is -0.380. The molecule has 0 aliphatic rings. The van der Waals surface area contributed by atoms with E-state index >= 15 is 0 Å². The van der Waals surface area contributed by atoms with Crippen LogP contribution < -0.4 is 0 Å². The molecule has 0 radical (unpaired) electrons. The van der Waals surface area contributed by atoms with Crippen LogP contribution in [0.25, 0.3) is 10.8 Å². The van der Waals surface area contributed by atoms with E-state index in [1.165, 1.54) is 6.07 Å². The highest BCUT2D eigenvalue weighted by Crippen LogP contribution is 2.31. The summed E-state index contributed by atoms with van der Waals surface area (Å²) in [5.41, 5.74) is 0. The summed E-state index contributed by atoms with van der Waals surface area (Å²) in [5, 5.41) is 16.6. The van der Waals surface area contributed by atoms with Gasteiger partial charge in [-0.15, -0.1) is 5.10 Å². The molecule has 0 bridgehead atoms. The highest BCUT2D eigenvalue weighted by molar-refractivity contribution is 7.71. The molecule has 0 aliphatic carbocycles. The Bertz CT molecular complexity index is 526. The zero-order chi connectivity index (χ0) is 10.1. The number of aromatic nitrogens is 2. The fourth-order valence-electron chi connectivity index (χ4n) is 0.876. The van der Waals surface area contributed by atoms with Crippen molar-refractivity contribution in [3.05, 3.63) is 27.1 Å². The van der Waals surface area contributed by atoms with Crippen LogP contribution in [-0.2, 0) is 0 Å². The molecule has 2 heterocycles. The lowest BCUT2D eigenvalue weighted by Crippen LogP contribution is -1.80. The minimum absolute atomic E-state index is 0.0455. The van der Waals surface area contributed by atoms with Gasteiger partial charge in [0, 0.05) is 6.07 Å². The first kappa shape index (κ1) is 9.03. The molecule has 2 rings (SSSR count). The number of nitrogens with one attached hydrogen (secondary N) is 1. The topological polar surface area (TPSA) is 85.0 Å². The number of nitrogens with zero attached hydrogens (tertiary/aromatic N) is 2. The molecule has 6 nitrogen and oxygen atoms in total. The molecule has 0 spiro atoms. The second-order valence-electron chi connectivity index (χ2n) is 2.31. The summed E-state index contributed by atoms with van der Waals surface area (Å²) in [6.07, 6.45) is 0. The molecule has 14 heavy (non-hydrogen) atoms. The SMILES string of the molecule is O=[N+]([O-])c1ccc(-c2n[nH]c(=S)o2)s1. The van der Waals surface area contributed by atoms with E-state index in [0.717, 1.165) is 11.3 Å². The van der Waals surface area contributed by atoms with Crippen molar-refractivity contribution in [2.24, 2.45) is 0 Å². The third-order valence-electron chi connectivity index (χ3n) is 1.42. The fourth-order valence-corrected chi connectivity index (χ4v) is 1.75. The van der Waals surface area contributed by atoms with E-state index < -0.39 is 4.92 Å². The minimum atomic E-state index is -0.463. The lowest BCUT2D eigenvalue weighted by Gasteiger charge is -1.82. The number of thiophene rings is 1. The van der Waals surface area contributed by atoms with Crippen molar-refractivity contribution in [2.75, 3.05) is 0 Å². The Morgan fingerprint density at radius 3 is 2.93 bits per heavy atom. The van der Waals surface area contributed by atoms with Gasteiger partial charge in [0.25, 0.3) is 10.7 Å². The quantitative estimate of drug-likeness (QED) is 0.485. The molecule has 72 valence electrons. The first-order valence-corrected chi connectivity index (χ1v) is 4.69. The smallest absolute Gasteiger partial charge is 0.324 e. The molecule has 2 aromatic rings. The average Bonchev–Trinajstić information content (AvgIpc) is 2.70. The molecule has 0 unspecified atom stereocenters. The van der Waals surface area contributed by atoms with Gasteiger partial charge in [-0.3, -0.25) is 10.1 Å². The van der Waals surface area contributed by atoms with Gasteiger partial charge in [-0.05, 0) is 18.3 Å². The number of nitro groups is 1. The van der Waals surface area contributed by atoms with Crippen molar-refractivity contribution in [1.82, 2.24) is 10.2 Å². The molecular formula is C6H3N3O3S2. The minimum Gasteiger partial charge on any atom is -0.408 e. The van der Waals surface area contributed by atoms with Crippen LogP contribution in [-0.4, -0.2) is 15.1 Å². The molecule has 0 saturated heterocycles. The molecule has 8 heteroatoms. The average molecular weight is 229 g/mol. The van der Waals surface area contributed by atoms with E-state index in [1.807, 2.05) is 0 Å². The standard InChI is InChI=1S/C6H3N3O3S2/c10-9(11)4-2-1-3(14-4)5-7-8-6(13)12-5/h1-2H,(H,8,13). The summed E-state index contributed by atoms with van der Waals surface area (Å²) in [6, 6.07) is 2.96. The molecular weight excluding hydrogens is 226 g/mol. The van der Waals surface area contributed by atoms with Gasteiger partial charge in [0.15, 0.2) is 0 Å². The first-order valence-electron chi connectivity index (χ1n) is 3.47. The van der Waals surface area contributed by atoms with Crippen LogP contribution in [0.1, 0.15) is 0 Å². The van der Waals surface area contributed by atoms with Crippen LogP contribution in [0.5, 0.6) is 0 Å². The van der Waals surface area contributed by atoms with Crippen LogP contribution in [0, 0.1) is 15.0 Å². The van der Waals surface area contributed by atoms with E-state index in [1.54, 1.807) is 6.07 Å². The number of hydrogen-bond donors (Lipinski definition) is 1. The van der Waals surface area contributed by atoms with Crippen LogP contribution >= 0.6 is 23.6 Å². The van der Waals surface area contributed by atoms with E-state index in [0.29, 0.717) is 4.88 Å². The zero-order valence-corrected chi connectivity index (χ0v) is 8.22. The summed E-state index contributed by atoms with van der Waals surface area (Å²) in [6.45, 7) is 0. The third-order valence-corrected chi connectivity index (χ3v) is 2.62. The van der Waals surface area contributed by atoms with Gasteiger partial charge >= 0.3 is 5.00 Å². The Labute approximate surface area is 86.3 Å². The molecule has 0 saturated carbocycles. The predicted molar refractivity (Wildman–Crippen MR) is 51.7 cm³/mol. The van der Waals surface area contributed by atoms with Crippen molar-refractivity contribution < 1.29 is 9.34 Å². The van der Waals surface area contributed by atoms with Gasteiger partial charge in [-0.2, -0.15) is 0 Å². The second kappa shape index (κ2) is 3.31. The third kappa shape index (κ3) is 1.56. The maximum absolute atomic E-state index is 10.4. The van der Waals surface area contributed by atoms with Crippen molar-refractivity contribution in [3.8, 4) is 10.8 Å². The summed E-state index contributed by atoms with van der Waals surface area (Å²) >= 11 is 5.66. The normalized spacial score (nSPS) is 10.3. The Morgan fingerprint density at radius 1 is 1.64 bits per heavy atom. The van der Waals surface area contributed by atoms with Crippen molar-refractivity contribution in [1.29, 1.82) is 0 Å². The maximum atomic E-state index is 10.4. The van der Waals surface area contributed by atoms with Gasteiger partial charge < -0.3 is 4.42 Å². The van der Waals surface area contributed by atoms with Crippen LogP contribution in [0.15, 0.2) is 16.5 Å². The number of rotatable bonds is 2. The van der Waals surface area contributed by atoms with Crippen molar-refractivity contribution in [2.45, 2.75) is 0 Å². The van der Waals surface area contributed by atoms with Gasteiger partial charge in [-0.1, -0.05) is 11.3 Å². The zero-order valence-electron chi connectivity index (χ0n) is 6.59. The van der Waals surface area contributed by atoms with E-state index in [2.05, 4.69) is 22.4 Å². The van der Waals surface area contributed by atoms with Crippen LogP contribution in [0.4, 0.5) is 5.00 Å². The van der Waals surface area contributed by atoms with Gasteiger partial charge in [0.2, 0.25) is 0 Å². The van der Waals surface area contributed by atoms with Crippen molar-refractivity contribution >= 4 is 28.6 Å². The Balaban J connectivity index is 2.43. The largest absolute Gasteiger partial charge is 0.408 e. The molecule has 0 aromatic carbocycles. The highest BCUT2D eigenvalue weighted by Gasteiger charge is 2.13. The van der Waals surface area contributed by atoms with Crippen molar-refractivity contribution in [3.63, 3.8) is 0 Å². The Kier molecular flexibility index (Phi) is 2.14. The fraction of sp³-hybridized carbons (Fsp3) is 0. The molecule has 0 fully saturated rings. The maximum Gasteiger partial charge on any atom is 0.324 e. The number of H-pyrrole nitrogens is 1. The monoisotopic (exact) mass is 229 g/mol. The molecule has 0 amide bonds. The molecule has 0 atom stereocenters. The summed E-state index contributed by atoms with van der Waals surface area (Å²) in [5.74, 6) is 0.271. The van der Waals surface area contributed by atoms with Gasteiger partial charge in [-0.25, -0.2) is 5.10 Å². The number of aromatic amines is 1. The van der Waals surface area contributed by atoms with E-state index in [4.69, 9.17) is 4.42 Å². The van der Waals surface area contributed by atoms with E-state index in [9.17, 15) is 10.1 Å². The van der Waals surface area contributed by atoms with Crippen LogP contribution in [0.2, 0.25) is 0 Å². The summed E-state index contributed by atoms with van der Waals surface area (Å²) in [7, 11) is 0. The summed E-state index contributed by atoms with van der Waals surface area (Å²) in [4.78, 5) is 10.6. The number of hydrogen-bond acceptors (Lipinski definition) is 6. The lowest BCUT2D eigenvalue weighted by atomic mass is 10.5. The van der Waals surface area contributed by atoms with Gasteiger partial charge in [0.05, 0.1) is 9.80 Å². The highest BCUT2D eigenvalue weighted by atomic mass is 32.1. The Morgan fingerprint density at radius 2 is 2.43 bits per heavy atom. The van der Waals surface area contributed by atoms with Gasteiger partial charge in [0.1, 0.15) is 0 Å². The van der Waals surface area contributed by atoms with Crippen LogP contribution in [0.3, 0.4) is 0 Å². The molecule has 2 aromatic heterocycles. The molecule has 0 aliphatic heterocycles. The first-order chi connectivity index (χ1) is 6.66. The summed E-state index contributed by atoms with van der Waals surface area (Å²) < 4.78 is 5.00. The predicted octanol–water partition coefficient (Wildman–Crippen LogP) is 2.37. The second-order valence-corrected chi connectivity index (χ2v) is 3.75.